The molecule has 144 valence electrons. The molecule has 0 heterocycles. The van der Waals surface area contributed by atoms with Crippen LogP contribution >= 0.6 is 0 Å². The summed E-state index contributed by atoms with van der Waals surface area (Å²) in [5.41, 5.74) is -0.157. The molecule has 0 radical (unpaired) electrons. The van der Waals surface area contributed by atoms with Gasteiger partial charge in [-0.2, -0.15) is 0 Å². The summed E-state index contributed by atoms with van der Waals surface area (Å²) in [5.74, 6) is 1.71. The van der Waals surface area contributed by atoms with E-state index in [2.05, 4.69) is 20.8 Å². The lowest BCUT2D eigenvalue weighted by Crippen LogP contribution is -2.62. The van der Waals surface area contributed by atoms with Gasteiger partial charge in [0.15, 0.2) is 5.79 Å². The molecule has 1 N–H and O–H groups in total. The summed E-state index contributed by atoms with van der Waals surface area (Å²) in [6, 6.07) is 0. The van der Waals surface area contributed by atoms with E-state index in [4.69, 9.17) is 9.47 Å². The zero-order valence-corrected chi connectivity index (χ0v) is 16.8. The number of aliphatic hydroxyl groups is 1. The van der Waals surface area contributed by atoms with E-state index >= 15 is 0 Å². The zero-order chi connectivity index (χ0) is 17.9. The third-order valence-corrected chi connectivity index (χ3v) is 9.50. The van der Waals surface area contributed by atoms with Crippen molar-refractivity contribution in [1.29, 1.82) is 0 Å². The summed E-state index contributed by atoms with van der Waals surface area (Å²) in [6.45, 7) is 7.67. The predicted octanol–water partition coefficient (Wildman–Crippen LogP) is 4.91. The van der Waals surface area contributed by atoms with Gasteiger partial charge in [0, 0.05) is 25.6 Å². The summed E-state index contributed by atoms with van der Waals surface area (Å²) >= 11 is 0. The minimum absolute atomic E-state index is 0.124. The van der Waals surface area contributed by atoms with Crippen molar-refractivity contribution < 1.29 is 14.6 Å². The molecule has 0 bridgehead atoms. The Hall–Kier alpha value is -0.120. The van der Waals surface area contributed by atoms with Gasteiger partial charge in [0.05, 0.1) is 5.60 Å². The van der Waals surface area contributed by atoms with Crippen molar-refractivity contribution in [2.45, 2.75) is 96.4 Å². The van der Waals surface area contributed by atoms with Gasteiger partial charge in [-0.15, -0.1) is 0 Å². The second kappa shape index (κ2) is 5.94. The van der Waals surface area contributed by atoms with Gasteiger partial charge in [-0.1, -0.05) is 26.7 Å². The van der Waals surface area contributed by atoms with Gasteiger partial charge in [-0.05, 0) is 75.0 Å². The molecule has 0 aromatic rings. The number of hydrogen-bond acceptors (Lipinski definition) is 3. The molecule has 4 saturated carbocycles. The fourth-order valence-corrected chi connectivity index (χ4v) is 8.08. The van der Waals surface area contributed by atoms with Crippen molar-refractivity contribution in [3.8, 4) is 0 Å². The molecule has 3 heteroatoms. The molecule has 0 amide bonds. The summed E-state index contributed by atoms with van der Waals surface area (Å²) in [7, 11) is 1.84. The highest BCUT2D eigenvalue weighted by molar-refractivity contribution is 5.15. The molecule has 0 saturated heterocycles. The number of methoxy groups -OCH3 is 1. The van der Waals surface area contributed by atoms with Crippen molar-refractivity contribution in [3.05, 3.63) is 0 Å². The predicted molar refractivity (Wildman–Crippen MR) is 99.2 cm³/mol. The van der Waals surface area contributed by atoms with Crippen LogP contribution in [0.1, 0.15) is 85.0 Å². The topological polar surface area (TPSA) is 38.7 Å². The Morgan fingerprint density at radius 1 is 0.880 bits per heavy atom. The molecule has 4 rings (SSSR count). The molecule has 0 aromatic carbocycles. The van der Waals surface area contributed by atoms with E-state index in [-0.39, 0.29) is 10.8 Å². The van der Waals surface area contributed by atoms with Crippen LogP contribution in [0.3, 0.4) is 0 Å². The van der Waals surface area contributed by atoms with Crippen LogP contribution in [0.2, 0.25) is 0 Å². The third-order valence-electron chi connectivity index (χ3n) is 9.50. The van der Waals surface area contributed by atoms with Gasteiger partial charge in [-0.25, -0.2) is 0 Å². The SMILES string of the molecule is CCOC1(OC)CCC2C3CCC4(O)CCCCC4(C)C3CCC21C. The highest BCUT2D eigenvalue weighted by Crippen LogP contribution is 2.69. The fraction of sp³-hybridized carbons (Fsp3) is 1.00. The Labute approximate surface area is 153 Å². The molecule has 0 aromatic heterocycles. The van der Waals surface area contributed by atoms with Crippen LogP contribution in [0.5, 0.6) is 0 Å². The molecule has 3 nitrogen and oxygen atoms in total. The largest absolute Gasteiger partial charge is 0.389 e. The fourth-order valence-electron chi connectivity index (χ4n) is 8.08. The molecule has 4 aliphatic rings. The molecular weight excluding hydrogens is 312 g/mol. The molecule has 4 fully saturated rings. The number of fused-ring (bicyclic) bond motifs is 5. The van der Waals surface area contributed by atoms with Crippen molar-refractivity contribution in [1.82, 2.24) is 0 Å². The quantitative estimate of drug-likeness (QED) is 0.735. The molecule has 7 atom stereocenters. The Kier molecular flexibility index (Phi) is 4.34. The van der Waals surface area contributed by atoms with Crippen LogP contribution in [0.15, 0.2) is 0 Å². The Bertz CT molecular complexity index is 521. The monoisotopic (exact) mass is 350 g/mol. The van der Waals surface area contributed by atoms with Gasteiger partial charge in [-0.3, -0.25) is 0 Å². The van der Waals surface area contributed by atoms with E-state index in [0.29, 0.717) is 11.8 Å². The molecule has 0 spiro atoms. The van der Waals surface area contributed by atoms with Gasteiger partial charge in [0.25, 0.3) is 0 Å². The van der Waals surface area contributed by atoms with Crippen LogP contribution in [-0.2, 0) is 9.47 Å². The standard InChI is InChI=1S/C22H38O3/c1-5-25-22(24-4)15-10-18-16-8-14-21(23)12-7-6-11-19(21,2)17(16)9-13-20(18,22)3/h16-18,23H,5-15H2,1-4H3. The van der Waals surface area contributed by atoms with Crippen molar-refractivity contribution >= 4 is 0 Å². The second-order valence-corrected chi connectivity index (χ2v) is 9.96. The zero-order valence-electron chi connectivity index (χ0n) is 16.8. The van der Waals surface area contributed by atoms with Crippen LogP contribution in [0.4, 0.5) is 0 Å². The smallest absolute Gasteiger partial charge is 0.173 e. The Morgan fingerprint density at radius 2 is 1.56 bits per heavy atom. The first-order valence-corrected chi connectivity index (χ1v) is 10.8. The van der Waals surface area contributed by atoms with Gasteiger partial charge < -0.3 is 14.6 Å². The maximum Gasteiger partial charge on any atom is 0.173 e. The summed E-state index contributed by atoms with van der Waals surface area (Å²) in [4.78, 5) is 0. The van der Waals surface area contributed by atoms with E-state index in [1.165, 1.54) is 44.9 Å². The lowest BCUT2D eigenvalue weighted by Gasteiger charge is -2.64. The highest BCUT2D eigenvalue weighted by atomic mass is 16.7. The van der Waals surface area contributed by atoms with Crippen LogP contribution in [-0.4, -0.2) is 30.2 Å². The maximum atomic E-state index is 11.5. The second-order valence-electron chi connectivity index (χ2n) is 9.96. The Balaban J connectivity index is 1.66. The maximum absolute atomic E-state index is 11.5. The lowest BCUT2D eigenvalue weighted by atomic mass is 9.43. The van der Waals surface area contributed by atoms with Gasteiger partial charge in [0.1, 0.15) is 0 Å². The summed E-state index contributed by atoms with van der Waals surface area (Å²) < 4.78 is 12.3. The number of rotatable bonds is 3. The number of ether oxygens (including phenoxy) is 2. The normalized spacial score (nSPS) is 55.3. The van der Waals surface area contributed by atoms with E-state index in [0.717, 1.165) is 31.8 Å². The lowest BCUT2D eigenvalue weighted by molar-refractivity contribution is -0.295. The first-order chi connectivity index (χ1) is 11.9. The van der Waals surface area contributed by atoms with Crippen molar-refractivity contribution in [3.63, 3.8) is 0 Å². The number of hydrogen-bond donors (Lipinski definition) is 1. The Morgan fingerprint density at radius 3 is 2.28 bits per heavy atom. The van der Waals surface area contributed by atoms with Crippen molar-refractivity contribution in [2.75, 3.05) is 13.7 Å². The first kappa shape index (κ1) is 18.3. The third kappa shape index (κ3) is 2.21. The van der Waals surface area contributed by atoms with Crippen LogP contribution in [0, 0.1) is 28.6 Å². The summed E-state index contributed by atoms with van der Waals surface area (Å²) in [5, 5.41) is 11.5. The van der Waals surface area contributed by atoms with Crippen molar-refractivity contribution in [2.24, 2.45) is 28.6 Å². The van der Waals surface area contributed by atoms with Gasteiger partial charge >= 0.3 is 0 Å². The van der Waals surface area contributed by atoms with Crippen LogP contribution < -0.4 is 0 Å². The molecule has 25 heavy (non-hydrogen) atoms. The minimum Gasteiger partial charge on any atom is -0.389 e. The van der Waals surface area contributed by atoms with E-state index in [9.17, 15) is 5.11 Å². The van der Waals surface area contributed by atoms with Gasteiger partial charge in [0.2, 0.25) is 0 Å². The summed E-state index contributed by atoms with van der Waals surface area (Å²) in [6.07, 6.45) is 11.6. The van der Waals surface area contributed by atoms with Crippen LogP contribution in [0.25, 0.3) is 0 Å². The average molecular weight is 351 g/mol. The average Bonchev–Trinajstić information content (AvgIpc) is 2.89. The molecular formula is C22H38O3. The van der Waals surface area contributed by atoms with E-state index < -0.39 is 11.4 Å². The molecule has 7 unspecified atom stereocenters. The van der Waals surface area contributed by atoms with E-state index in [1.54, 1.807) is 0 Å². The molecule has 0 aliphatic heterocycles. The minimum atomic E-state index is -0.406. The molecule has 4 aliphatic carbocycles. The highest BCUT2D eigenvalue weighted by Gasteiger charge is 2.67. The first-order valence-electron chi connectivity index (χ1n) is 10.8. The van der Waals surface area contributed by atoms with E-state index in [1.807, 2.05) is 7.11 Å².